The molecule has 0 saturated carbocycles. The number of rotatable bonds is 3. The molecule has 3 nitrogen and oxygen atoms in total. The number of aryl methyl sites for hydroxylation is 2. The van der Waals surface area contributed by atoms with Gasteiger partial charge in [0.1, 0.15) is 5.76 Å². The predicted octanol–water partition coefficient (Wildman–Crippen LogP) is 1.84. The molecule has 0 bridgehead atoms. The summed E-state index contributed by atoms with van der Waals surface area (Å²) in [6.45, 7) is 5.25. The van der Waals surface area contributed by atoms with Gasteiger partial charge >= 0.3 is 0 Å². The number of aromatic nitrogens is 1. The van der Waals surface area contributed by atoms with Crippen molar-refractivity contribution in [3.63, 3.8) is 0 Å². The van der Waals surface area contributed by atoms with Gasteiger partial charge in [-0.05, 0) is 32.7 Å². The summed E-state index contributed by atoms with van der Waals surface area (Å²) in [4.78, 5) is 4.49. The van der Waals surface area contributed by atoms with Crippen LogP contribution in [0.15, 0.2) is 4.42 Å². The molecule has 0 amide bonds. The van der Waals surface area contributed by atoms with Crippen LogP contribution in [0.2, 0.25) is 0 Å². The zero-order valence-electron chi connectivity index (χ0n) is 8.97. The lowest BCUT2D eigenvalue weighted by molar-refractivity contribution is 0.439. The number of nitrogens with zero attached hydrogens (tertiary/aromatic N) is 1. The van der Waals surface area contributed by atoms with Crippen LogP contribution in [0.1, 0.15) is 37.1 Å². The smallest absolute Gasteiger partial charge is 0.196 e. The van der Waals surface area contributed by atoms with Crippen LogP contribution in [-0.4, -0.2) is 17.6 Å². The fourth-order valence-electron chi connectivity index (χ4n) is 2.04. The Hall–Kier alpha value is -0.830. The van der Waals surface area contributed by atoms with Crippen LogP contribution in [0, 0.1) is 6.92 Å². The standard InChI is InChI=1S/C11H18N2O/c1-3-10-8(2)14-11(13-10)7-9-5-4-6-12-9/h9,12H,3-7H2,1-2H3. The summed E-state index contributed by atoms with van der Waals surface area (Å²) in [5.74, 6) is 1.89. The molecule has 3 heteroatoms. The molecule has 1 aromatic rings. The second kappa shape index (κ2) is 4.13. The SMILES string of the molecule is CCc1nc(CC2CCCN2)oc1C. The second-order valence-corrected chi connectivity index (χ2v) is 3.96. The molecule has 1 fully saturated rings. The van der Waals surface area contributed by atoms with Gasteiger partial charge in [-0.3, -0.25) is 0 Å². The lowest BCUT2D eigenvalue weighted by Gasteiger charge is -2.05. The van der Waals surface area contributed by atoms with E-state index in [4.69, 9.17) is 4.42 Å². The monoisotopic (exact) mass is 194 g/mol. The van der Waals surface area contributed by atoms with Gasteiger partial charge in [0.15, 0.2) is 5.89 Å². The van der Waals surface area contributed by atoms with Crippen molar-refractivity contribution in [1.29, 1.82) is 0 Å². The zero-order valence-corrected chi connectivity index (χ0v) is 8.97. The van der Waals surface area contributed by atoms with Crippen LogP contribution in [-0.2, 0) is 12.8 Å². The lowest BCUT2D eigenvalue weighted by atomic mass is 10.1. The molecule has 78 valence electrons. The summed E-state index contributed by atoms with van der Waals surface area (Å²) in [6, 6.07) is 0.581. The minimum absolute atomic E-state index is 0.581. The highest BCUT2D eigenvalue weighted by molar-refractivity contribution is 5.08. The van der Waals surface area contributed by atoms with Crippen molar-refractivity contribution in [1.82, 2.24) is 10.3 Å². The summed E-state index contributed by atoms with van der Waals surface area (Å²) in [5, 5.41) is 3.45. The number of hydrogen-bond donors (Lipinski definition) is 1. The largest absolute Gasteiger partial charge is 0.446 e. The first kappa shape index (κ1) is 9.71. The van der Waals surface area contributed by atoms with Crippen molar-refractivity contribution in [2.45, 2.75) is 45.6 Å². The summed E-state index contributed by atoms with van der Waals surface area (Å²) in [5.41, 5.74) is 1.11. The van der Waals surface area contributed by atoms with E-state index in [1.807, 2.05) is 6.92 Å². The third kappa shape index (κ3) is 1.98. The van der Waals surface area contributed by atoms with Crippen LogP contribution in [0.4, 0.5) is 0 Å². The van der Waals surface area contributed by atoms with E-state index in [0.29, 0.717) is 6.04 Å². The Morgan fingerprint density at radius 3 is 3.00 bits per heavy atom. The van der Waals surface area contributed by atoms with E-state index in [9.17, 15) is 0 Å². The molecule has 0 aliphatic carbocycles. The molecule has 14 heavy (non-hydrogen) atoms. The highest BCUT2D eigenvalue weighted by Gasteiger charge is 2.17. The first-order chi connectivity index (χ1) is 6.79. The lowest BCUT2D eigenvalue weighted by Crippen LogP contribution is -2.23. The van der Waals surface area contributed by atoms with Gasteiger partial charge < -0.3 is 9.73 Å². The molecule has 1 saturated heterocycles. The zero-order chi connectivity index (χ0) is 9.97. The third-order valence-electron chi connectivity index (χ3n) is 2.86. The van der Waals surface area contributed by atoms with E-state index >= 15 is 0 Å². The molecule has 0 aromatic carbocycles. The second-order valence-electron chi connectivity index (χ2n) is 3.96. The van der Waals surface area contributed by atoms with E-state index in [2.05, 4.69) is 17.2 Å². The molecule has 0 radical (unpaired) electrons. The fraction of sp³-hybridized carbons (Fsp3) is 0.727. The van der Waals surface area contributed by atoms with E-state index in [-0.39, 0.29) is 0 Å². The van der Waals surface area contributed by atoms with Crippen LogP contribution in [0.3, 0.4) is 0 Å². The number of hydrogen-bond acceptors (Lipinski definition) is 3. The number of oxazole rings is 1. The topological polar surface area (TPSA) is 38.1 Å². The van der Waals surface area contributed by atoms with Crippen LogP contribution < -0.4 is 5.32 Å². The van der Waals surface area contributed by atoms with Crippen molar-refractivity contribution in [3.8, 4) is 0 Å². The van der Waals surface area contributed by atoms with Gasteiger partial charge in [-0.1, -0.05) is 6.92 Å². The maximum Gasteiger partial charge on any atom is 0.196 e. The Labute approximate surface area is 84.9 Å². The molecule has 2 rings (SSSR count). The molecule has 1 aliphatic rings. The van der Waals surface area contributed by atoms with E-state index in [1.54, 1.807) is 0 Å². The molecule has 0 spiro atoms. The molecule has 1 N–H and O–H groups in total. The van der Waals surface area contributed by atoms with Gasteiger partial charge in [-0.2, -0.15) is 0 Å². The Balaban J connectivity index is 2.01. The molecule has 1 aliphatic heterocycles. The molecule has 1 atom stereocenters. The Morgan fingerprint density at radius 1 is 1.57 bits per heavy atom. The van der Waals surface area contributed by atoms with Gasteiger partial charge in [0.25, 0.3) is 0 Å². The van der Waals surface area contributed by atoms with Gasteiger partial charge in [-0.25, -0.2) is 4.98 Å². The quantitative estimate of drug-likeness (QED) is 0.798. The van der Waals surface area contributed by atoms with Crippen molar-refractivity contribution in [3.05, 3.63) is 17.3 Å². The Bertz CT molecular complexity index is 300. The average Bonchev–Trinajstić information content (AvgIpc) is 2.76. The summed E-state index contributed by atoms with van der Waals surface area (Å²) in [7, 11) is 0. The van der Waals surface area contributed by atoms with Crippen molar-refractivity contribution in [2.75, 3.05) is 6.54 Å². The maximum absolute atomic E-state index is 5.62. The van der Waals surface area contributed by atoms with E-state index < -0.39 is 0 Å². The first-order valence-electron chi connectivity index (χ1n) is 5.48. The van der Waals surface area contributed by atoms with Crippen LogP contribution in [0.5, 0.6) is 0 Å². The minimum atomic E-state index is 0.581. The average molecular weight is 194 g/mol. The Kier molecular flexibility index (Phi) is 2.87. The highest BCUT2D eigenvalue weighted by atomic mass is 16.4. The van der Waals surface area contributed by atoms with Gasteiger partial charge in [0.2, 0.25) is 0 Å². The maximum atomic E-state index is 5.62. The van der Waals surface area contributed by atoms with Gasteiger partial charge in [0.05, 0.1) is 5.69 Å². The van der Waals surface area contributed by atoms with E-state index in [1.165, 1.54) is 12.8 Å². The first-order valence-corrected chi connectivity index (χ1v) is 5.48. The Morgan fingerprint density at radius 2 is 2.43 bits per heavy atom. The van der Waals surface area contributed by atoms with Crippen molar-refractivity contribution >= 4 is 0 Å². The molecular weight excluding hydrogens is 176 g/mol. The van der Waals surface area contributed by atoms with Crippen LogP contribution in [0.25, 0.3) is 0 Å². The predicted molar refractivity (Wildman–Crippen MR) is 55.3 cm³/mol. The van der Waals surface area contributed by atoms with Crippen molar-refractivity contribution < 1.29 is 4.42 Å². The molecule has 1 aromatic heterocycles. The number of nitrogens with one attached hydrogen (secondary N) is 1. The molecular formula is C11H18N2O. The van der Waals surface area contributed by atoms with Crippen LogP contribution >= 0.6 is 0 Å². The normalized spacial score (nSPS) is 21.7. The van der Waals surface area contributed by atoms with Crippen molar-refractivity contribution in [2.24, 2.45) is 0 Å². The highest BCUT2D eigenvalue weighted by Crippen LogP contribution is 2.15. The molecule has 1 unspecified atom stereocenters. The summed E-state index contributed by atoms with van der Waals surface area (Å²) < 4.78 is 5.62. The van der Waals surface area contributed by atoms with Gasteiger partial charge in [0, 0.05) is 12.5 Å². The summed E-state index contributed by atoms with van der Waals surface area (Å²) >= 11 is 0. The fourth-order valence-corrected chi connectivity index (χ4v) is 2.04. The minimum Gasteiger partial charge on any atom is -0.446 e. The van der Waals surface area contributed by atoms with E-state index in [0.717, 1.165) is 36.7 Å². The summed E-state index contributed by atoms with van der Waals surface area (Å²) in [6.07, 6.45) is 4.45. The van der Waals surface area contributed by atoms with Gasteiger partial charge in [-0.15, -0.1) is 0 Å². The third-order valence-corrected chi connectivity index (χ3v) is 2.86. The molecule has 2 heterocycles.